The van der Waals surface area contributed by atoms with Gasteiger partial charge in [0.2, 0.25) is 0 Å². The maximum atomic E-state index is 5.63. The monoisotopic (exact) mass is 479 g/mol. The summed E-state index contributed by atoms with van der Waals surface area (Å²) in [7, 11) is 3.38. The van der Waals surface area contributed by atoms with Gasteiger partial charge in [-0.05, 0) is 67.3 Å². The van der Waals surface area contributed by atoms with Crippen molar-refractivity contribution in [1.82, 2.24) is 9.97 Å². The number of rotatable bonds is 10. The molecule has 3 heterocycles. The number of H-pyrrole nitrogens is 2. The molecule has 180 valence electrons. The van der Waals surface area contributed by atoms with Crippen molar-refractivity contribution in [2.45, 2.75) is 46.0 Å². The van der Waals surface area contributed by atoms with Gasteiger partial charge in [0.05, 0.1) is 25.6 Å². The number of halogens is 1. The SMILES string of the molecule is CCCCCc1cc(/C=C2\N=C(c3ccc(Cc4ccc(OC)cc4)[nH]3)C=C2OC)[nH]c1C.Cl. The van der Waals surface area contributed by atoms with Gasteiger partial charge in [-0.25, -0.2) is 4.99 Å². The van der Waals surface area contributed by atoms with Crippen molar-refractivity contribution in [3.8, 4) is 5.75 Å². The summed E-state index contributed by atoms with van der Waals surface area (Å²) >= 11 is 0. The zero-order chi connectivity index (χ0) is 23.2. The van der Waals surface area contributed by atoms with Crippen LogP contribution < -0.4 is 4.74 Å². The standard InChI is InChI=1S/C28H33N3O2.ClH/c1-5-6-7-8-21-16-23(29-19(21)2)17-27-28(33-4)18-26(31-27)25-14-11-22(30-25)15-20-9-12-24(32-3)13-10-20;/h9-14,16-18,29-30H,5-8,15H2,1-4H3;1H/b27-17-;. The smallest absolute Gasteiger partial charge is 0.146 e. The fourth-order valence-corrected chi connectivity index (χ4v) is 4.16. The van der Waals surface area contributed by atoms with E-state index in [4.69, 9.17) is 14.5 Å². The van der Waals surface area contributed by atoms with Crippen LogP contribution in [0.1, 0.15) is 60.1 Å². The van der Waals surface area contributed by atoms with Crippen LogP contribution in [0.15, 0.2) is 65.0 Å². The van der Waals surface area contributed by atoms with E-state index >= 15 is 0 Å². The van der Waals surface area contributed by atoms with Gasteiger partial charge < -0.3 is 19.4 Å². The van der Waals surface area contributed by atoms with E-state index in [0.717, 1.165) is 52.8 Å². The van der Waals surface area contributed by atoms with Gasteiger partial charge in [-0.1, -0.05) is 31.9 Å². The molecule has 6 heteroatoms. The van der Waals surface area contributed by atoms with Crippen molar-refractivity contribution >= 4 is 24.2 Å². The van der Waals surface area contributed by atoms with Gasteiger partial charge in [-0.3, -0.25) is 0 Å². The summed E-state index contributed by atoms with van der Waals surface area (Å²) in [4.78, 5) is 11.9. The largest absolute Gasteiger partial charge is 0.497 e. The molecule has 0 spiro atoms. The van der Waals surface area contributed by atoms with E-state index in [-0.39, 0.29) is 12.4 Å². The second-order valence-electron chi connectivity index (χ2n) is 8.49. The van der Waals surface area contributed by atoms with Gasteiger partial charge in [0.1, 0.15) is 17.2 Å². The number of nitrogens with zero attached hydrogens (tertiary/aromatic N) is 1. The number of hydrogen-bond donors (Lipinski definition) is 2. The predicted molar refractivity (Wildman–Crippen MR) is 142 cm³/mol. The van der Waals surface area contributed by atoms with Crippen LogP contribution in [-0.4, -0.2) is 29.9 Å². The van der Waals surface area contributed by atoms with Gasteiger partial charge >= 0.3 is 0 Å². The maximum absolute atomic E-state index is 5.63. The zero-order valence-corrected chi connectivity index (χ0v) is 21.2. The first kappa shape index (κ1) is 25.4. The Bertz CT molecular complexity index is 1180. The van der Waals surface area contributed by atoms with Gasteiger partial charge in [0.15, 0.2) is 0 Å². The highest BCUT2D eigenvalue weighted by atomic mass is 35.5. The Morgan fingerprint density at radius 1 is 0.971 bits per heavy atom. The minimum Gasteiger partial charge on any atom is -0.497 e. The Morgan fingerprint density at radius 3 is 2.47 bits per heavy atom. The van der Waals surface area contributed by atoms with E-state index in [0.29, 0.717) is 0 Å². The number of nitrogens with one attached hydrogen (secondary N) is 2. The number of methoxy groups -OCH3 is 2. The number of benzene rings is 1. The molecule has 5 nitrogen and oxygen atoms in total. The molecule has 2 N–H and O–H groups in total. The summed E-state index contributed by atoms with van der Waals surface area (Å²) in [6, 6.07) is 14.6. The quantitative estimate of drug-likeness (QED) is 0.315. The van der Waals surface area contributed by atoms with Gasteiger partial charge in [0.25, 0.3) is 0 Å². The van der Waals surface area contributed by atoms with E-state index < -0.39 is 0 Å². The molecule has 0 fully saturated rings. The Balaban J connectivity index is 0.00000324. The van der Waals surface area contributed by atoms with E-state index in [9.17, 15) is 0 Å². The fourth-order valence-electron chi connectivity index (χ4n) is 4.16. The van der Waals surface area contributed by atoms with Crippen molar-refractivity contribution in [2.75, 3.05) is 14.2 Å². The average molecular weight is 480 g/mol. The lowest BCUT2D eigenvalue weighted by Crippen LogP contribution is -1.96. The molecule has 0 radical (unpaired) electrons. The molecule has 0 amide bonds. The molecular weight excluding hydrogens is 446 g/mol. The van der Waals surface area contributed by atoms with Crippen LogP contribution in [0.5, 0.6) is 5.75 Å². The summed E-state index contributed by atoms with van der Waals surface area (Å²) in [5.74, 6) is 1.64. The molecule has 1 aromatic carbocycles. The topological polar surface area (TPSA) is 62.4 Å². The fraction of sp³-hybridized carbons (Fsp3) is 0.321. The van der Waals surface area contributed by atoms with E-state index in [1.807, 2.05) is 18.2 Å². The molecule has 0 saturated heterocycles. The van der Waals surface area contributed by atoms with Crippen LogP contribution in [0.25, 0.3) is 6.08 Å². The maximum Gasteiger partial charge on any atom is 0.146 e. The molecule has 1 aliphatic heterocycles. The highest BCUT2D eigenvalue weighted by Gasteiger charge is 2.18. The third kappa shape index (κ3) is 6.03. The summed E-state index contributed by atoms with van der Waals surface area (Å²) in [6.07, 6.45) is 9.72. The average Bonchev–Trinajstić information content (AvgIpc) is 3.54. The minimum atomic E-state index is 0. The van der Waals surface area contributed by atoms with Crippen LogP contribution in [0.2, 0.25) is 0 Å². The van der Waals surface area contributed by atoms with Crippen LogP contribution in [-0.2, 0) is 17.6 Å². The first-order valence-corrected chi connectivity index (χ1v) is 11.7. The molecule has 2 aromatic heterocycles. The van der Waals surface area contributed by atoms with Crippen LogP contribution >= 0.6 is 12.4 Å². The zero-order valence-electron chi connectivity index (χ0n) is 20.4. The number of aliphatic imine (C=N–C) groups is 1. The van der Waals surface area contributed by atoms with Crippen molar-refractivity contribution < 1.29 is 9.47 Å². The highest BCUT2D eigenvalue weighted by Crippen LogP contribution is 2.26. The molecular formula is C28H34ClN3O2. The Morgan fingerprint density at radius 2 is 1.76 bits per heavy atom. The predicted octanol–water partition coefficient (Wildman–Crippen LogP) is 6.78. The summed E-state index contributed by atoms with van der Waals surface area (Å²) in [5, 5.41) is 0. The lowest BCUT2D eigenvalue weighted by molar-refractivity contribution is 0.303. The van der Waals surface area contributed by atoms with Crippen LogP contribution in [0.4, 0.5) is 0 Å². The van der Waals surface area contributed by atoms with Gasteiger partial charge in [-0.2, -0.15) is 0 Å². The lowest BCUT2D eigenvalue weighted by atomic mass is 10.1. The minimum absolute atomic E-state index is 0. The first-order valence-electron chi connectivity index (χ1n) is 11.7. The molecule has 0 atom stereocenters. The first-order chi connectivity index (χ1) is 16.1. The molecule has 34 heavy (non-hydrogen) atoms. The number of unbranched alkanes of at least 4 members (excludes halogenated alkanes) is 2. The number of aromatic amines is 2. The van der Waals surface area contributed by atoms with Gasteiger partial charge in [-0.15, -0.1) is 12.4 Å². The van der Waals surface area contributed by atoms with Crippen LogP contribution in [0, 0.1) is 6.92 Å². The number of hydrogen-bond acceptors (Lipinski definition) is 3. The number of aryl methyl sites for hydroxylation is 2. The molecule has 4 rings (SSSR count). The van der Waals surface area contributed by atoms with Gasteiger partial charge in [0, 0.05) is 29.6 Å². The highest BCUT2D eigenvalue weighted by molar-refractivity contribution is 6.11. The van der Waals surface area contributed by atoms with Crippen molar-refractivity contribution in [1.29, 1.82) is 0 Å². The molecule has 0 unspecified atom stereocenters. The van der Waals surface area contributed by atoms with E-state index in [2.05, 4.69) is 60.2 Å². The Kier molecular flexibility index (Phi) is 8.83. The molecule has 0 saturated carbocycles. The lowest BCUT2D eigenvalue weighted by Gasteiger charge is -2.02. The van der Waals surface area contributed by atoms with Crippen molar-refractivity contribution in [3.63, 3.8) is 0 Å². The van der Waals surface area contributed by atoms with Crippen LogP contribution in [0.3, 0.4) is 0 Å². The third-order valence-electron chi connectivity index (χ3n) is 6.04. The Labute approximate surface area is 208 Å². The Hall–Kier alpha value is -3.18. The third-order valence-corrected chi connectivity index (χ3v) is 6.04. The second-order valence-corrected chi connectivity index (χ2v) is 8.49. The molecule has 1 aliphatic rings. The number of ether oxygens (including phenoxy) is 2. The summed E-state index contributed by atoms with van der Waals surface area (Å²) < 4.78 is 10.9. The summed E-state index contributed by atoms with van der Waals surface area (Å²) in [5.41, 5.74) is 8.74. The number of aromatic nitrogens is 2. The van der Waals surface area contributed by atoms with E-state index in [1.54, 1.807) is 14.2 Å². The van der Waals surface area contributed by atoms with E-state index in [1.165, 1.54) is 36.1 Å². The normalized spacial score (nSPS) is 14.1. The summed E-state index contributed by atoms with van der Waals surface area (Å²) in [6.45, 7) is 4.38. The molecule has 3 aromatic rings. The number of allylic oxidation sites excluding steroid dienone is 1. The molecule has 0 aliphatic carbocycles. The van der Waals surface area contributed by atoms with Crippen molar-refractivity contribution in [3.05, 3.63) is 93.9 Å². The second kappa shape index (κ2) is 11.8. The molecule has 0 bridgehead atoms. The van der Waals surface area contributed by atoms with Crippen molar-refractivity contribution in [2.24, 2.45) is 4.99 Å².